The van der Waals surface area contributed by atoms with Gasteiger partial charge in [-0.15, -0.1) is 0 Å². The predicted octanol–water partition coefficient (Wildman–Crippen LogP) is 2.90. The maximum Gasteiger partial charge on any atom is 0.389 e. The predicted molar refractivity (Wildman–Crippen MR) is 51.6 cm³/mol. The number of hydrogen-bond acceptors (Lipinski definition) is 2. The maximum absolute atomic E-state index is 11.8. The Labute approximate surface area is 88.4 Å². The minimum atomic E-state index is -4.14. The van der Waals surface area contributed by atoms with E-state index in [0.717, 1.165) is 0 Å². The first kappa shape index (κ1) is 14.7. The van der Waals surface area contributed by atoms with E-state index in [1.165, 1.54) is 0 Å². The molecule has 0 radical (unpaired) electrons. The highest BCUT2D eigenvalue weighted by Crippen LogP contribution is 2.25. The molecule has 92 valence electrons. The third-order valence-electron chi connectivity index (χ3n) is 2.26. The number of halogens is 3. The van der Waals surface area contributed by atoms with Crippen LogP contribution < -0.4 is 0 Å². The SMILES string of the molecule is CCOC(C)(C)C(O)CCCC(F)(F)F. The molecule has 0 aliphatic heterocycles. The summed E-state index contributed by atoms with van der Waals surface area (Å²) in [6.07, 6.45) is -5.82. The average molecular weight is 228 g/mol. The van der Waals surface area contributed by atoms with Gasteiger partial charge in [-0.2, -0.15) is 13.2 Å². The van der Waals surface area contributed by atoms with Gasteiger partial charge in [0.15, 0.2) is 0 Å². The Morgan fingerprint density at radius 1 is 1.27 bits per heavy atom. The first-order valence-corrected chi connectivity index (χ1v) is 5.08. The van der Waals surface area contributed by atoms with Crippen molar-refractivity contribution in [3.8, 4) is 0 Å². The third kappa shape index (κ3) is 6.73. The molecular formula is C10H19F3O2. The van der Waals surface area contributed by atoms with Crippen LogP contribution in [0.15, 0.2) is 0 Å². The summed E-state index contributed by atoms with van der Waals surface area (Å²) in [4.78, 5) is 0. The molecule has 0 aromatic carbocycles. The second-order valence-corrected chi connectivity index (χ2v) is 4.06. The summed E-state index contributed by atoms with van der Waals surface area (Å²) in [5.74, 6) is 0. The van der Waals surface area contributed by atoms with Crippen LogP contribution in [0.4, 0.5) is 13.2 Å². The van der Waals surface area contributed by atoms with Crippen LogP contribution >= 0.6 is 0 Å². The van der Waals surface area contributed by atoms with Crippen molar-refractivity contribution < 1.29 is 23.0 Å². The Morgan fingerprint density at radius 3 is 2.20 bits per heavy atom. The van der Waals surface area contributed by atoms with Gasteiger partial charge in [0.1, 0.15) is 0 Å². The molecule has 0 aliphatic rings. The van der Waals surface area contributed by atoms with Crippen LogP contribution in [0.2, 0.25) is 0 Å². The van der Waals surface area contributed by atoms with E-state index in [2.05, 4.69) is 0 Å². The van der Waals surface area contributed by atoms with E-state index >= 15 is 0 Å². The third-order valence-corrected chi connectivity index (χ3v) is 2.26. The smallest absolute Gasteiger partial charge is 0.389 e. The lowest BCUT2D eigenvalue weighted by atomic mass is 9.96. The summed E-state index contributed by atoms with van der Waals surface area (Å²) in [6.45, 7) is 5.57. The van der Waals surface area contributed by atoms with Crippen LogP contribution in [-0.4, -0.2) is 29.6 Å². The molecule has 0 aliphatic carbocycles. The highest BCUT2D eigenvalue weighted by atomic mass is 19.4. The van der Waals surface area contributed by atoms with E-state index in [4.69, 9.17) is 4.74 Å². The van der Waals surface area contributed by atoms with Crippen molar-refractivity contribution in [2.75, 3.05) is 6.61 Å². The standard InChI is InChI=1S/C10H19F3O2/c1-4-15-9(2,3)8(14)6-5-7-10(11,12)13/h8,14H,4-7H2,1-3H3. The summed E-state index contributed by atoms with van der Waals surface area (Å²) in [7, 11) is 0. The fourth-order valence-electron chi connectivity index (χ4n) is 1.31. The highest BCUT2D eigenvalue weighted by Gasteiger charge is 2.31. The molecule has 1 atom stereocenters. The van der Waals surface area contributed by atoms with E-state index in [9.17, 15) is 18.3 Å². The number of aliphatic hydroxyl groups excluding tert-OH is 1. The van der Waals surface area contributed by atoms with Gasteiger partial charge in [0.2, 0.25) is 0 Å². The van der Waals surface area contributed by atoms with Crippen LogP contribution in [-0.2, 0) is 4.74 Å². The molecule has 0 fully saturated rings. The maximum atomic E-state index is 11.8. The molecule has 0 aromatic heterocycles. The van der Waals surface area contributed by atoms with Gasteiger partial charge in [-0.05, 0) is 33.6 Å². The average Bonchev–Trinajstić information content (AvgIpc) is 2.01. The van der Waals surface area contributed by atoms with Gasteiger partial charge in [0, 0.05) is 13.0 Å². The van der Waals surface area contributed by atoms with E-state index in [1.807, 2.05) is 0 Å². The number of ether oxygens (including phenoxy) is 1. The molecule has 2 nitrogen and oxygen atoms in total. The molecule has 0 saturated heterocycles. The first-order valence-electron chi connectivity index (χ1n) is 5.08. The Morgan fingerprint density at radius 2 is 1.80 bits per heavy atom. The lowest BCUT2D eigenvalue weighted by molar-refractivity contribution is -0.141. The number of hydrogen-bond donors (Lipinski definition) is 1. The normalized spacial score (nSPS) is 15.4. The molecule has 1 N–H and O–H groups in total. The van der Waals surface area contributed by atoms with Crippen molar-refractivity contribution in [2.24, 2.45) is 0 Å². The van der Waals surface area contributed by atoms with E-state index in [1.54, 1.807) is 20.8 Å². The minimum Gasteiger partial charge on any atom is -0.390 e. The van der Waals surface area contributed by atoms with Crippen molar-refractivity contribution in [1.82, 2.24) is 0 Å². The second kappa shape index (κ2) is 5.70. The molecule has 15 heavy (non-hydrogen) atoms. The zero-order valence-electron chi connectivity index (χ0n) is 9.40. The Kier molecular flexibility index (Phi) is 5.59. The van der Waals surface area contributed by atoms with Crippen LogP contribution in [0.5, 0.6) is 0 Å². The minimum absolute atomic E-state index is 0.0683. The van der Waals surface area contributed by atoms with Crippen molar-refractivity contribution in [1.29, 1.82) is 0 Å². The first-order chi connectivity index (χ1) is 6.69. The molecule has 1 unspecified atom stereocenters. The van der Waals surface area contributed by atoms with Gasteiger partial charge in [-0.3, -0.25) is 0 Å². The fourth-order valence-corrected chi connectivity index (χ4v) is 1.31. The number of rotatable bonds is 6. The van der Waals surface area contributed by atoms with Gasteiger partial charge in [0.25, 0.3) is 0 Å². The van der Waals surface area contributed by atoms with Crippen molar-refractivity contribution in [3.63, 3.8) is 0 Å². The quantitative estimate of drug-likeness (QED) is 0.757. The molecular weight excluding hydrogens is 209 g/mol. The van der Waals surface area contributed by atoms with Crippen LogP contribution in [0.3, 0.4) is 0 Å². The fraction of sp³-hybridized carbons (Fsp3) is 1.00. The summed E-state index contributed by atoms with van der Waals surface area (Å²) in [5.41, 5.74) is -0.777. The van der Waals surface area contributed by atoms with Gasteiger partial charge in [-0.25, -0.2) is 0 Å². The molecule has 0 spiro atoms. The number of aliphatic hydroxyl groups is 1. The zero-order chi connectivity index (χ0) is 12.1. The highest BCUT2D eigenvalue weighted by molar-refractivity contribution is 4.78. The van der Waals surface area contributed by atoms with Crippen LogP contribution in [0, 0.1) is 0 Å². The molecule has 0 aromatic rings. The Hall–Kier alpha value is -0.290. The van der Waals surface area contributed by atoms with Crippen LogP contribution in [0.1, 0.15) is 40.0 Å². The summed E-state index contributed by atoms with van der Waals surface area (Å²) >= 11 is 0. The van der Waals surface area contributed by atoms with Crippen molar-refractivity contribution in [2.45, 2.75) is 57.9 Å². The van der Waals surface area contributed by atoms with Crippen LogP contribution in [0.25, 0.3) is 0 Å². The lowest BCUT2D eigenvalue weighted by Gasteiger charge is -2.30. The monoisotopic (exact) mass is 228 g/mol. The van der Waals surface area contributed by atoms with E-state index in [-0.39, 0.29) is 12.8 Å². The van der Waals surface area contributed by atoms with Gasteiger partial charge in [-0.1, -0.05) is 0 Å². The molecule has 0 amide bonds. The molecule has 0 rings (SSSR count). The molecule has 0 saturated carbocycles. The molecule has 5 heteroatoms. The molecule has 0 heterocycles. The largest absolute Gasteiger partial charge is 0.390 e. The van der Waals surface area contributed by atoms with Gasteiger partial charge < -0.3 is 9.84 Å². The molecule has 0 bridgehead atoms. The second-order valence-electron chi connectivity index (χ2n) is 4.06. The van der Waals surface area contributed by atoms with Crippen molar-refractivity contribution >= 4 is 0 Å². The topological polar surface area (TPSA) is 29.5 Å². The Balaban J connectivity index is 3.87. The Bertz CT molecular complexity index is 178. The summed E-state index contributed by atoms with van der Waals surface area (Å²) in [6, 6.07) is 0. The zero-order valence-corrected chi connectivity index (χ0v) is 9.40. The summed E-state index contributed by atoms with van der Waals surface area (Å²) < 4.78 is 40.8. The van der Waals surface area contributed by atoms with E-state index in [0.29, 0.717) is 6.61 Å². The number of alkyl halides is 3. The lowest BCUT2D eigenvalue weighted by Crippen LogP contribution is -2.39. The van der Waals surface area contributed by atoms with Crippen molar-refractivity contribution in [3.05, 3.63) is 0 Å². The van der Waals surface area contributed by atoms with Gasteiger partial charge in [0.05, 0.1) is 11.7 Å². The summed E-state index contributed by atoms with van der Waals surface area (Å²) in [5, 5.41) is 9.61. The van der Waals surface area contributed by atoms with E-state index < -0.39 is 24.3 Å². The van der Waals surface area contributed by atoms with Gasteiger partial charge >= 0.3 is 6.18 Å².